The minimum absolute atomic E-state index is 0.0687. The average molecular weight is 255 g/mol. The van der Waals surface area contributed by atoms with Crippen molar-refractivity contribution in [3.63, 3.8) is 0 Å². The first-order valence-electron chi connectivity index (χ1n) is 6.44. The van der Waals surface area contributed by atoms with E-state index >= 15 is 0 Å². The summed E-state index contributed by atoms with van der Waals surface area (Å²) in [6, 6.07) is -0.417. The highest BCUT2D eigenvalue weighted by molar-refractivity contribution is 5.93. The predicted octanol–water partition coefficient (Wildman–Crippen LogP) is -0.565. The number of carbonyl (C=O) groups excluding carboxylic acids is 2. The third-order valence-electron chi connectivity index (χ3n) is 3.76. The molecule has 0 radical (unpaired) electrons. The summed E-state index contributed by atoms with van der Waals surface area (Å²) in [5, 5.41) is 3.00. The summed E-state index contributed by atoms with van der Waals surface area (Å²) in [6.07, 6.45) is 1.27. The second-order valence-corrected chi connectivity index (χ2v) is 5.29. The highest BCUT2D eigenvalue weighted by atomic mass is 16.5. The van der Waals surface area contributed by atoms with Gasteiger partial charge in [-0.25, -0.2) is 0 Å². The molecule has 2 rings (SSSR count). The van der Waals surface area contributed by atoms with E-state index in [9.17, 15) is 9.59 Å². The van der Waals surface area contributed by atoms with Crippen LogP contribution in [0.4, 0.5) is 0 Å². The van der Waals surface area contributed by atoms with E-state index in [4.69, 9.17) is 10.5 Å². The van der Waals surface area contributed by atoms with Gasteiger partial charge in [-0.15, -0.1) is 0 Å². The van der Waals surface area contributed by atoms with Gasteiger partial charge in [-0.2, -0.15) is 0 Å². The molecule has 0 bridgehead atoms. The maximum absolute atomic E-state index is 12.1. The lowest BCUT2D eigenvalue weighted by Crippen LogP contribution is -2.60. The molecule has 0 aromatic heterocycles. The molecule has 3 N–H and O–H groups in total. The van der Waals surface area contributed by atoms with Crippen molar-refractivity contribution in [1.29, 1.82) is 0 Å². The summed E-state index contributed by atoms with van der Waals surface area (Å²) in [5.74, 6) is -0.176. The van der Waals surface area contributed by atoms with Crippen molar-refractivity contribution in [2.24, 2.45) is 11.7 Å². The Morgan fingerprint density at radius 3 is 2.67 bits per heavy atom. The lowest BCUT2D eigenvalue weighted by atomic mass is 9.96. The third-order valence-corrected chi connectivity index (χ3v) is 3.76. The molecule has 0 saturated carbocycles. The van der Waals surface area contributed by atoms with Gasteiger partial charge in [0, 0.05) is 12.8 Å². The molecule has 2 amide bonds. The van der Waals surface area contributed by atoms with Crippen LogP contribution in [-0.2, 0) is 14.3 Å². The van der Waals surface area contributed by atoms with Crippen LogP contribution in [-0.4, -0.2) is 48.2 Å². The lowest BCUT2D eigenvalue weighted by Gasteiger charge is -2.42. The molecule has 0 aliphatic carbocycles. The number of rotatable bonds is 2. The van der Waals surface area contributed by atoms with Gasteiger partial charge in [-0.1, -0.05) is 13.8 Å². The molecule has 0 aromatic carbocycles. The minimum Gasteiger partial charge on any atom is -0.381 e. The molecule has 6 heteroatoms. The number of hydrogen-bond acceptors (Lipinski definition) is 4. The average Bonchev–Trinajstić information content (AvgIpc) is 2.61. The monoisotopic (exact) mass is 255 g/mol. The van der Waals surface area contributed by atoms with Crippen LogP contribution in [0, 0.1) is 5.92 Å². The number of nitrogens with zero attached hydrogens (tertiary/aromatic N) is 1. The van der Waals surface area contributed by atoms with Crippen LogP contribution in [0.15, 0.2) is 0 Å². The molecule has 2 aliphatic rings. The molecule has 2 heterocycles. The Morgan fingerprint density at radius 2 is 2.17 bits per heavy atom. The van der Waals surface area contributed by atoms with Crippen molar-refractivity contribution in [2.45, 2.75) is 38.4 Å². The maximum atomic E-state index is 12.1. The van der Waals surface area contributed by atoms with Gasteiger partial charge in [0.15, 0.2) is 0 Å². The van der Waals surface area contributed by atoms with Gasteiger partial charge < -0.3 is 20.7 Å². The Hall–Kier alpha value is -1.14. The fourth-order valence-corrected chi connectivity index (χ4v) is 2.92. The number of carbonyl (C=O) groups is 2. The molecule has 1 atom stereocenters. The van der Waals surface area contributed by atoms with Gasteiger partial charge >= 0.3 is 0 Å². The zero-order valence-corrected chi connectivity index (χ0v) is 10.9. The van der Waals surface area contributed by atoms with Crippen molar-refractivity contribution < 1.29 is 14.3 Å². The predicted molar refractivity (Wildman–Crippen MR) is 65.5 cm³/mol. The summed E-state index contributed by atoms with van der Waals surface area (Å²) in [7, 11) is 0. The molecule has 102 valence electrons. The van der Waals surface area contributed by atoms with Gasteiger partial charge in [0.25, 0.3) is 0 Å². The van der Waals surface area contributed by atoms with E-state index in [0.29, 0.717) is 26.1 Å². The fraction of sp³-hybridized carbons (Fsp3) is 0.833. The molecule has 1 unspecified atom stereocenters. The lowest BCUT2D eigenvalue weighted by molar-refractivity contribution is -0.143. The smallest absolute Gasteiger partial charge is 0.244 e. The second kappa shape index (κ2) is 4.85. The Kier molecular flexibility index (Phi) is 3.59. The van der Waals surface area contributed by atoms with Crippen LogP contribution >= 0.6 is 0 Å². The fourth-order valence-electron chi connectivity index (χ4n) is 2.92. The molecule has 2 aliphatic heterocycles. The SMILES string of the molecule is CC(C)C1C(=O)NC2(CCOCC2)N1C(=O)CN. The Labute approximate surface area is 107 Å². The molecule has 1 spiro atoms. The summed E-state index contributed by atoms with van der Waals surface area (Å²) in [5.41, 5.74) is 4.91. The molecular weight excluding hydrogens is 234 g/mol. The normalized spacial score (nSPS) is 26.8. The van der Waals surface area contributed by atoms with Crippen LogP contribution in [0.25, 0.3) is 0 Å². The van der Waals surface area contributed by atoms with Crippen molar-refractivity contribution in [3.8, 4) is 0 Å². The Balaban J connectivity index is 2.34. The standard InChI is InChI=1S/C12H21N3O3/c1-8(2)10-11(17)14-12(3-5-18-6-4-12)15(10)9(16)7-13/h8,10H,3-7,13H2,1-2H3,(H,14,17). The summed E-state index contributed by atoms with van der Waals surface area (Å²) in [6.45, 7) is 4.93. The maximum Gasteiger partial charge on any atom is 0.244 e. The van der Waals surface area contributed by atoms with Crippen molar-refractivity contribution in [3.05, 3.63) is 0 Å². The summed E-state index contributed by atoms with van der Waals surface area (Å²) >= 11 is 0. The molecular formula is C12H21N3O3. The molecule has 0 aromatic rings. The summed E-state index contributed by atoms with van der Waals surface area (Å²) < 4.78 is 5.33. The molecule has 2 saturated heterocycles. The third kappa shape index (κ3) is 1.99. The Bertz CT molecular complexity index is 350. The van der Waals surface area contributed by atoms with E-state index in [1.54, 1.807) is 4.90 Å². The topological polar surface area (TPSA) is 84.7 Å². The van der Waals surface area contributed by atoms with E-state index in [1.165, 1.54) is 0 Å². The number of nitrogens with one attached hydrogen (secondary N) is 1. The number of amides is 2. The first-order valence-corrected chi connectivity index (χ1v) is 6.44. The second-order valence-electron chi connectivity index (χ2n) is 5.29. The van der Waals surface area contributed by atoms with Crippen LogP contribution < -0.4 is 11.1 Å². The first kappa shape index (κ1) is 13.3. The molecule has 18 heavy (non-hydrogen) atoms. The molecule has 6 nitrogen and oxygen atoms in total. The number of nitrogens with two attached hydrogens (primary N) is 1. The minimum atomic E-state index is -0.583. The highest BCUT2D eigenvalue weighted by Crippen LogP contribution is 2.34. The largest absolute Gasteiger partial charge is 0.381 e. The van der Waals surface area contributed by atoms with Crippen molar-refractivity contribution >= 4 is 11.8 Å². The van der Waals surface area contributed by atoms with E-state index < -0.39 is 11.7 Å². The highest BCUT2D eigenvalue weighted by Gasteiger charge is 2.54. The van der Waals surface area contributed by atoms with E-state index in [0.717, 1.165) is 0 Å². The van der Waals surface area contributed by atoms with E-state index in [-0.39, 0.29) is 24.3 Å². The van der Waals surface area contributed by atoms with Gasteiger partial charge in [0.05, 0.1) is 19.8 Å². The van der Waals surface area contributed by atoms with E-state index in [2.05, 4.69) is 5.32 Å². The molecule has 2 fully saturated rings. The number of ether oxygens (including phenoxy) is 1. The van der Waals surface area contributed by atoms with Crippen LogP contribution in [0.1, 0.15) is 26.7 Å². The van der Waals surface area contributed by atoms with Crippen LogP contribution in [0.3, 0.4) is 0 Å². The number of hydrogen-bond donors (Lipinski definition) is 2. The van der Waals surface area contributed by atoms with Crippen molar-refractivity contribution in [2.75, 3.05) is 19.8 Å². The van der Waals surface area contributed by atoms with Crippen LogP contribution in [0.2, 0.25) is 0 Å². The van der Waals surface area contributed by atoms with Gasteiger partial charge in [-0.3, -0.25) is 9.59 Å². The first-order chi connectivity index (χ1) is 8.52. The van der Waals surface area contributed by atoms with Gasteiger partial charge in [-0.05, 0) is 5.92 Å². The van der Waals surface area contributed by atoms with Crippen molar-refractivity contribution in [1.82, 2.24) is 10.2 Å². The van der Waals surface area contributed by atoms with Gasteiger partial charge in [0.1, 0.15) is 11.7 Å². The van der Waals surface area contributed by atoms with Gasteiger partial charge in [0.2, 0.25) is 11.8 Å². The van der Waals surface area contributed by atoms with E-state index in [1.807, 2.05) is 13.8 Å². The quantitative estimate of drug-likeness (QED) is 0.692. The zero-order valence-electron chi connectivity index (χ0n) is 10.9. The van der Waals surface area contributed by atoms with Crippen LogP contribution in [0.5, 0.6) is 0 Å². The Morgan fingerprint density at radius 1 is 1.56 bits per heavy atom. The zero-order chi connectivity index (χ0) is 13.3. The summed E-state index contributed by atoms with van der Waals surface area (Å²) in [4.78, 5) is 25.9.